The van der Waals surface area contributed by atoms with Gasteiger partial charge in [-0.1, -0.05) is 0 Å². The summed E-state index contributed by atoms with van der Waals surface area (Å²) in [7, 11) is 0. The van der Waals surface area contributed by atoms with E-state index >= 15 is 0 Å². The number of unbranched alkanes of at least 4 members (excludes halogenated alkanes) is 1. The van der Waals surface area contributed by atoms with Crippen LogP contribution in [-0.4, -0.2) is 35.4 Å². The van der Waals surface area contributed by atoms with Crippen molar-refractivity contribution in [1.29, 1.82) is 0 Å². The van der Waals surface area contributed by atoms with Crippen molar-refractivity contribution in [1.82, 2.24) is 0 Å². The highest BCUT2D eigenvalue weighted by Gasteiger charge is 2.07. The summed E-state index contributed by atoms with van der Waals surface area (Å²) < 4.78 is 4.52. The normalized spacial score (nSPS) is 9.42. The molecule has 0 fully saturated rings. The van der Waals surface area contributed by atoms with Crippen LogP contribution in [0, 0.1) is 0 Å². The Labute approximate surface area is 70.0 Å². The highest BCUT2D eigenvalue weighted by Crippen LogP contribution is 1.91. The predicted octanol–water partition coefficient (Wildman–Crippen LogP) is -0.223. The molecule has 0 aliphatic carbocycles. The highest BCUT2D eigenvalue weighted by atomic mass is 16.5. The fourth-order valence-electron chi connectivity index (χ4n) is 0.574. The first-order valence-electron chi connectivity index (χ1n) is 3.65. The van der Waals surface area contributed by atoms with E-state index in [4.69, 9.17) is 10.2 Å². The van der Waals surface area contributed by atoms with Crippen LogP contribution in [0.25, 0.3) is 0 Å². The quantitative estimate of drug-likeness (QED) is 0.332. The van der Waals surface area contributed by atoms with E-state index in [0.29, 0.717) is 12.8 Å². The average molecular weight is 176 g/mol. The molecule has 0 atom stereocenters. The first-order chi connectivity index (χ1) is 5.66. The van der Waals surface area contributed by atoms with E-state index in [2.05, 4.69) is 4.74 Å². The van der Waals surface area contributed by atoms with Crippen LogP contribution < -0.4 is 0 Å². The molecule has 0 unspecified atom stereocenters. The molecule has 0 saturated carbocycles. The van der Waals surface area contributed by atoms with Gasteiger partial charge in [0.2, 0.25) is 0 Å². The number of esters is 1. The summed E-state index contributed by atoms with van der Waals surface area (Å²) in [4.78, 5) is 20.5. The molecule has 0 radical (unpaired) electrons. The summed E-state index contributed by atoms with van der Waals surface area (Å²) in [5.74, 6) is -1.93. The Balaban J connectivity index is 3.26. The lowest BCUT2D eigenvalue weighted by Gasteiger charge is -2.00. The van der Waals surface area contributed by atoms with Crippen molar-refractivity contribution in [3.8, 4) is 0 Å². The second-order valence-electron chi connectivity index (χ2n) is 2.22. The van der Waals surface area contributed by atoms with Crippen LogP contribution in [0.2, 0.25) is 0 Å². The fourth-order valence-corrected chi connectivity index (χ4v) is 0.574. The third-order valence-corrected chi connectivity index (χ3v) is 1.11. The molecule has 0 aromatic carbocycles. The van der Waals surface area contributed by atoms with E-state index in [1.807, 2.05) is 0 Å². The van der Waals surface area contributed by atoms with Gasteiger partial charge in [0.25, 0.3) is 0 Å². The number of carboxylic acids is 1. The number of carbonyl (C=O) groups excluding carboxylic acids is 1. The smallest absolute Gasteiger partial charge is 0.317 e. The summed E-state index contributed by atoms with van der Waals surface area (Å²) >= 11 is 0. The third-order valence-electron chi connectivity index (χ3n) is 1.11. The molecule has 0 heterocycles. The molecule has 2 N–H and O–H groups in total. The summed E-state index contributed by atoms with van der Waals surface area (Å²) in [5.41, 5.74) is 0. The lowest BCUT2D eigenvalue weighted by Crippen LogP contribution is -2.11. The summed E-state index contributed by atoms with van der Waals surface area (Å²) in [6.07, 6.45) is 0.515. The first kappa shape index (κ1) is 10.9. The molecule has 5 nitrogen and oxygen atoms in total. The number of carboxylic acid groups (broad SMARTS) is 1. The summed E-state index contributed by atoms with van der Waals surface area (Å²) in [5, 5.41) is 16.5. The van der Waals surface area contributed by atoms with Crippen LogP contribution in [0.4, 0.5) is 0 Å². The third kappa shape index (κ3) is 7.01. The number of aliphatic carboxylic acids is 1. The van der Waals surface area contributed by atoms with Gasteiger partial charge < -0.3 is 14.9 Å². The van der Waals surface area contributed by atoms with Gasteiger partial charge >= 0.3 is 11.9 Å². The molecule has 70 valence electrons. The zero-order chi connectivity index (χ0) is 9.40. The van der Waals surface area contributed by atoms with Crippen molar-refractivity contribution in [2.24, 2.45) is 0 Å². The van der Waals surface area contributed by atoms with Crippen LogP contribution in [-0.2, 0) is 14.3 Å². The van der Waals surface area contributed by atoms with Gasteiger partial charge in [0, 0.05) is 6.61 Å². The van der Waals surface area contributed by atoms with Crippen molar-refractivity contribution in [3.05, 3.63) is 0 Å². The van der Waals surface area contributed by atoms with Crippen LogP contribution in [0.15, 0.2) is 0 Å². The van der Waals surface area contributed by atoms with Crippen LogP contribution in [0.5, 0.6) is 0 Å². The topological polar surface area (TPSA) is 83.8 Å². The molecule has 12 heavy (non-hydrogen) atoms. The Morgan fingerprint density at radius 1 is 1.25 bits per heavy atom. The fraction of sp³-hybridized carbons (Fsp3) is 0.714. The number of hydrogen-bond acceptors (Lipinski definition) is 4. The van der Waals surface area contributed by atoms with Crippen molar-refractivity contribution < 1.29 is 24.5 Å². The Hall–Kier alpha value is -1.10. The lowest BCUT2D eigenvalue weighted by molar-refractivity contribution is -0.151. The minimum absolute atomic E-state index is 0.0521. The van der Waals surface area contributed by atoms with E-state index in [1.54, 1.807) is 0 Å². The van der Waals surface area contributed by atoms with Gasteiger partial charge in [-0.2, -0.15) is 0 Å². The summed E-state index contributed by atoms with van der Waals surface area (Å²) in [6, 6.07) is 0. The SMILES string of the molecule is O=C(O)CC(=O)OCCCCO. The molecule has 5 heteroatoms. The van der Waals surface area contributed by atoms with Crippen molar-refractivity contribution >= 4 is 11.9 Å². The Bertz CT molecular complexity index is 154. The Morgan fingerprint density at radius 3 is 2.42 bits per heavy atom. The molecular formula is C7H12O5. The molecule has 0 spiro atoms. The lowest BCUT2D eigenvalue weighted by atomic mass is 10.3. The molecular weight excluding hydrogens is 164 g/mol. The number of aliphatic hydroxyl groups is 1. The number of hydrogen-bond donors (Lipinski definition) is 2. The van der Waals surface area contributed by atoms with Crippen LogP contribution in [0.1, 0.15) is 19.3 Å². The predicted molar refractivity (Wildman–Crippen MR) is 39.5 cm³/mol. The molecule has 0 bridgehead atoms. The largest absolute Gasteiger partial charge is 0.481 e. The zero-order valence-electron chi connectivity index (χ0n) is 6.65. The molecule has 0 aromatic rings. The standard InChI is InChI=1S/C7H12O5/c8-3-1-2-4-12-7(11)5-6(9)10/h8H,1-5H2,(H,9,10). The van der Waals surface area contributed by atoms with E-state index in [0.717, 1.165) is 0 Å². The average Bonchev–Trinajstić information content (AvgIpc) is 1.97. The molecule has 0 aliphatic rings. The van der Waals surface area contributed by atoms with Crippen LogP contribution >= 0.6 is 0 Å². The van der Waals surface area contributed by atoms with Gasteiger partial charge in [-0.05, 0) is 12.8 Å². The molecule has 0 amide bonds. The van der Waals surface area contributed by atoms with E-state index in [9.17, 15) is 9.59 Å². The van der Waals surface area contributed by atoms with Gasteiger partial charge in [0.05, 0.1) is 6.61 Å². The number of ether oxygens (including phenoxy) is 1. The van der Waals surface area contributed by atoms with Gasteiger partial charge in [-0.15, -0.1) is 0 Å². The van der Waals surface area contributed by atoms with Crippen molar-refractivity contribution in [3.63, 3.8) is 0 Å². The Morgan fingerprint density at radius 2 is 1.92 bits per heavy atom. The van der Waals surface area contributed by atoms with Crippen molar-refractivity contribution in [2.75, 3.05) is 13.2 Å². The van der Waals surface area contributed by atoms with E-state index < -0.39 is 18.4 Å². The number of aliphatic hydroxyl groups excluding tert-OH is 1. The Kier molecular flexibility index (Phi) is 6.00. The molecule has 0 aliphatic heterocycles. The maximum Gasteiger partial charge on any atom is 0.317 e. The summed E-state index contributed by atoms with van der Waals surface area (Å²) in [6.45, 7) is 0.225. The maximum absolute atomic E-state index is 10.6. The van der Waals surface area contributed by atoms with E-state index in [-0.39, 0.29) is 13.2 Å². The monoisotopic (exact) mass is 176 g/mol. The highest BCUT2D eigenvalue weighted by molar-refractivity contribution is 5.90. The minimum Gasteiger partial charge on any atom is -0.481 e. The molecule has 0 saturated heterocycles. The van der Waals surface area contributed by atoms with Gasteiger partial charge in [0.15, 0.2) is 0 Å². The van der Waals surface area contributed by atoms with Crippen LogP contribution in [0.3, 0.4) is 0 Å². The minimum atomic E-state index is -1.19. The second kappa shape index (κ2) is 6.60. The van der Waals surface area contributed by atoms with E-state index in [1.165, 1.54) is 0 Å². The maximum atomic E-state index is 10.6. The van der Waals surface area contributed by atoms with Gasteiger partial charge in [-0.3, -0.25) is 9.59 Å². The van der Waals surface area contributed by atoms with Gasteiger partial charge in [-0.25, -0.2) is 0 Å². The molecule has 0 rings (SSSR count). The second-order valence-corrected chi connectivity index (χ2v) is 2.22. The number of rotatable bonds is 6. The van der Waals surface area contributed by atoms with Crippen molar-refractivity contribution in [2.45, 2.75) is 19.3 Å². The first-order valence-corrected chi connectivity index (χ1v) is 3.65. The zero-order valence-corrected chi connectivity index (χ0v) is 6.65. The molecule has 0 aromatic heterocycles. The van der Waals surface area contributed by atoms with Gasteiger partial charge in [0.1, 0.15) is 6.42 Å². The number of carbonyl (C=O) groups is 2.